The van der Waals surface area contributed by atoms with E-state index in [1.54, 1.807) is 6.92 Å². The number of benzene rings is 1. The van der Waals surface area contributed by atoms with Crippen molar-refractivity contribution in [1.82, 2.24) is 10.3 Å². The molecule has 0 saturated heterocycles. The highest BCUT2D eigenvalue weighted by Gasteiger charge is 2.37. The predicted molar refractivity (Wildman–Crippen MR) is 69.8 cm³/mol. The van der Waals surface area contributed by atoms with Crippen molar-refractivity contribution in [2.24, 2.45) is 0 Å². The largest absolute Gasteiger partial charge is 0.434 e. The van der Waals surface area contributed by atoms with Crippen LogP contribution in [-0.4, -0.2) is 11.5 Å². The Morgan fingerprint density at radius 3 is 2.33 bits per heavy atom. The van der Waals surface area contributed by atoms with Crippen molar-refractivity contribution in [2.75, 3.05) is 6.54 Å². The molecule has 2 nitrogen and oxygen atoms in total. The molecule has 8 heteroatoms. The van der Waals surface area contributed by atoms with Crippen molar-refractivity contribution in [1.29, 1.82) is 0 Å². The van der Waals surface area contributed by atoms with Crippen molar-refractivity contribution in [3.05, 3.63) is 40.4 Å². The Morgan fingerprint density at radius 2 is 1.81 bits per heavy atom. The summed E-state index contributed by atoms with van der Waals surface area (Å²) in [6.45, 7) is 2.16. The molecule has 0 bridgehead atoms. The van der Waals surface area contributed by atoms with Gasteiger partial charge in [-0.3, -0.25) is 0 Å². The lowest BCUT2D eigenvalue weighted by molar-refractivity contribution is -0.141. The highest BCUT2D eigenvalue weighted by atomic mass is 32.1. The molecule has 0 saturated carbocycles. The Labute approximate surface area is 121 Å². The van der Waals surface area contributed by atoms with Gasteiger partial charge < -0.3 is 5.32 Å². The van der Waals surface area contributed by atoms with Crippen LogP contribution in [0.2, 0.25) is 0 Å². The van der Waals surface area contributed by atoms with E-state index in [1.165, 1.54) is 0 Å². The van der Waals surface area contributed by atoms with Gasteiger partial charge in [0.25, 0.3) is 0 Å². The summed E-state index contributed by atoms with van der Waals surface area (Å²) in [4.78, 5) is 3.30. The molecule has 0 radical (unpaired) electrons. The zero-order valence-electron chi connectivity index (χ0n) is 10.9. The van der Waals surface area contributed by atoms with Gasteiger partial charge in [-0.2, -0.15) is 13.2 Å². The summed E-state index contributed by atoms with van der Waals surface area (Å²) in [5.41, 5.74) is -1.64. The first-order valence-electron chi connectivity index (χ1n) is 6.06. The number of alkyl halides is 3. The Morgan fingerprint density at radius 1 is 1.19 bits per heavy atom. The molecular weight excluding hydrogens is 311 g/mol. The number of nitrogens with zero attached hydrogens (tertiary/aromatic N) is 1. The van der Waals surface area contributed by atoms with Crippen LogP contribution in [0.5, 0.6) is 0 Å². The summed E-state index contributed by atoms with van der Waals surface area (Å²) >= 11 is 0.634. The number of thiazole rings is 1. The minimum absolute atomic E-state index is 0.0565. The van der Waals surface area contributed by atoms with Crippen molar-refractivity contribution in [3.8, 4) is 10.6 Å². The lowest BCUT2D eigenvalue weighted by atomic mass is 10.2. The molecule has 0 aliphatic rings. The topological polar surface area (TPSA) is 24.9 Å². The summed E-state index contributed by atoms with van der Waals surface area (Å²) in [5, 5.41) is 2.44. The second-order valence-electron chi connectivity index (χ2n) is 4.17. The van der Waals surface area contributed by atoms with E-state index < -0.39 is 29.1 Å². The van der Waals surface area contributed by atoms with Crippen molar-refractivity contribution < 1.29 is 22.0 Å². The van der Waals surface area contributed by atoms with Crippen molar-refractivity contribution in [2.45, 2.75) is 19.6 Å². The highest BCUT2D eigenvalue weighted by molar-refractivity contribution is 7.15. The smallest absolute Gasteiger partial charge is 0.312 e. The van der Waals surface area contributed by atoms with Gasteiger partial charge in [0.2, 0.25) is 0 Å². The van der Waals surface area contributed by atoms with E-state index >= 15 is 0 Å². The summed E-state index contributed by atoms with van der Waals surface area (Å²) in [5.74, 6) is -1.88. The van der Waals surface area contributed by atoms with Crippen LogP contribution in [0.15, 0.2) is 18.2 Å². The maximum atomic E-state index is 13.7. The first kappa shape index (κ1) is 15.8. The fraction of sp³-hybridized carbons (Fsp3) is 0.308. The average Bonchev–Trinajstić information content (AvgIpc) is 2.80. The monoisotopic (exact) mass is 322 g/mol. The van der Waals surface area contributed by atoms with E-state index in [0.717, 1.165) is 18.2 Å². The van der Waals surface area contributed by atoms with E-state index in [4.69, 9.17) is 0 Å². The van der Waals surface area contributed by atoms with Crippen LogP contribution in [0.25, 0.3) is 10.6 Å². The van der Waals surface area contributed by atoms with Gasteiger partial charge in [-0.25, -0.2) is 13.8 Å². The molecule has 0 aliphatic carbocycles. The van der Waals surface area contributed by atoms with E-state index in [2.05, 4.69) is 10.3 Å². The van der Waals surface area contributed by atoms with Gasteiger partial charge in [-0.15, -0.1) is 11.3 Å². The number of rotatable bonds is 4. The third-order valence-corrected chi connectivity index (χ3v) is 3.75. The van der Waals surface area contributed by atoms with Crippen LogP contribution in [0.3, 0.4) is 0 Å². The Balaban J connectivity index is 2.53. The minimum atomic E-state index is -4.67. The first-order valence-corrected chi connectivity index (χ1v) is 6.88. The molecule has 1 aromatic heterocycles. The molecular formula is C13H11F5N2S. The SMILES string of the molecule is CCNCc1sc(-c2c(F)cccc2F)nc1C(F)(F)F. The van der Waals surface area contributed by atoms with Crippen LogP contribution in [0.4, 0.5) is 22.0 Å². The maximum Gasteiger partial charge on any atom is 0.434 e. The van der Waals surface area contributed by atoms with Gasteiger partial charge in [-0.1, -0.05) is 13.0 Å². The van der Waals surface area contributed by atoms with Gasteiger partial charge in [0.1, 0.15) is 16.6 Å². The molecule has 114 valence electrons. The molecule has 0 spiro atoms. The molecule has 0 amide bonds. The fourth-order valence-corrected chi connectivity index (χ4v) is 2.84. The first-order chi connectivity index (χ1) is 9.84. The standard InChI is InChI=1S/C13H11F5N2S/c1-2-19-6-9-11(13(16,17)18)20-12(21-9)10-7(14)4-3-5-8(10)15/h3-5,19H,2,6H2,1H3. The van der Waals surface area contributed by atoms with E-state index in [9.17, 15) is 22.0 Å². The van der Waals surface area contributed by atoms with Crippen LogP contribution in [0, 0.1) is 11.6 Å². The van der Waals surface area contributed by atoms with E-state index in [1.807, 2.05) is 0 Å². The quantitative estimate of drug-likeness (QED) is 0.853. The van der Waals surface area contributed by atoms with Crippen LogP contribution in [-0.2, 0) is 12.7 Å². The van der Waals surface area contributed by atoms with Gasteiger partial charge in [0.05, 0.1) is 10.4 Å². The number of hydrogen-bond donors (Lipinski definition) is 1. The summed E-state index contributed by atoms with van der Waals surface area (Å²) < 4.78 is 66.1. The second kappa shape index (κ2) is 6.07. The summed E-state index contributed by atoms with van der Waals surface area (Å²) in [6.07, 6.45) is -4.67. The molecule has 0 aliphatic heterocycles. The molecule has 0 unspecified atom stereocenters. The van der Waals surface area contributed by atoms with Gasteiger partial charge >= 0.3 is 6.18 Å². The molecule has 1 heterocycles. The number of hydrogen-bond acceptors (Lipinski definition) is 3. The average molecular weight is 322 g/mol. The second-order valence-corrected chi connectivity index (χ2v) is 5.25. The van der Waals surface area contributed by atoms with E-state index in [-0.39, 0.29) is 16.4 Å². The molecule has 2 aromatic rings. The highest BCUT2D eigenvalue weighted by Crippen LogP contribution is 2.39. The van der Waals surface area contributed by atoms with Crippen LogP contribution in [0.1, 0.15) is 17.5 Å². The van der Waals surface area contributed by atoms with Crippen LogP contribution < -0.4 is 5.32 Å². The Hall–Kier alpha value is -1.54. The predicted octanol–water partition coefficient (Wildman–Crippen LogP) is 4.22. The molecule has 0 fully saturated rings. The number of aromatic nitrogens is 1. The van der Waals surface area contributed by atoms with Gasteiger partial charge in [0, 0.05) is 6.54 Å². The molecule has 21 heavy (non-hydrogen) atoms. The summed E-state index contributed by atoms with van der Waals surface area (Å²) in [6, 6.07) is 3.11. The zero-order chi connectivity index (χ0) is 15.6. The Bertz CT molecular complexity index is 616. The van der Waals surface area contributed by atoms with Crippen molar-refractivity contribution in [3.63, 3.8) is 0 Å². The fourth-order valence-electron chi connectivity index (χ4n) is 1.74. The van der Waals surface area contributed by atoms with E-state index in [0.29, 0.717) is 17.9 Å². The number of nitrogens with one attached hydrogen (secondary N) is 1. The molecule has 2 rings (SSSR count). The van der Waals surface area contributed by atoms with Crippen LogP contribution >= 0.6 is 11.3 Å². The lowest BCUT2D eigenvalue weighted by Crippen LogP contribution is -2.15. The Kier molecular flexibility index (Phi) is 4.58. The third-order valence-electron chi connectivity index (χ3n) is 2.68. The number of halogens is 5. The van der Waals surface area contributed by atoms with Gasteiger partial charge in [0.15, 0.2) is 5.69 Å². The zero-order valence-corrected chi connectivity index (χ0v) is 11.7. The van der Waals surface area contributed by atoms with Gasteiger partial charge in [-0.05, 0) is 18.7 Å². The molecule has 0 atom stereocenters. The third kappa shape index (κ3) is 3.38. The summed E-state index contributed by atoms with van der Waals surface area (Å²) in [7, 11) is 0. The minimum Gasteiger partial charge on any atom is -0.312 e. The molecule has 1 N–H and O–H groups in total. The normalized spacial score (nSPS) is 11.9. The molecule has 1 aromatic carbocycles. The van der Waals surface area contributed by atoms with Crippen molar-refractivity contribution >= 4 is 11.3 Å². The maximum absolute atomic E-state index is 13.7. The lowest BCUT2D eigenvalue weighted by Gasteiger charge is -2.05.